The van der Waals surface area contributed by atoms with E-state index in [-0.39, 0.29) is 39.1 Å². The lowest BCUT2D eigenvalue weighted by Gasteiger charge is -2.34. The standard InChI is InChI=1S/C35H35ClN4O4S/c36-29-11-6-10-27(22-29)25-40-31-23-28(14-15-33(31)45(43,44)32-13-5-4-12-30(32)35(40)42)34(41)37-16-7-17-38-18-20-39(21-19-38)24-26-8-2-1-3-9-26/h1-6,8-15,22-23H,7,16-21,24-25H2,(H,37,41). The topological polar surface area (TPSA) is 90.0 Å². The third-order valence-corrected chi connectivity index (χ3v) is 10.4. The molecular weight excluding hydrogens is 608 g/mol. The van der Waals surface area contributed by atoms with Crippen LogP contribution in [0.2, 0.25) is 5.02 Å². The van der Waals surface area contributed by atoms with Crippen molar-refractivity contribution in [2.45, 2.75) is 29.3 Å². The van der Waals surface area contributed by atoms with Crippen molar-refractivity contribution in [1.82, 2.24) is 15.1 Å². The molecule has 232 valence electrons. The zero-order chi connectivity index (χ0) is 31.4. The molecule has 1 N–H and O–H groups in total. The molecule has 1 saturated heterocycles. The van der Waals surface area contributed by atoms with Crippen LogP contribution in [0.4, 0.5) is 5.69 Å². The molecule has 0 unspecified atom stereocenters. The number of benzene rings is 4. The SMILES string of the molecule is O=C(NCCCN1CCN(Cc2ccccc2)CC1)c1ccc2c(c1)N(Cc1cccc(Cl)c1)C(=O)c1ccccc1S2(=O)=O. The quantitative estimate of drug-likeness (QED) is 0.250. The fourth-order valence-electron chi connectivity index (χ4n) is 5.94. The van der Waals surface area contributed by atoms with Crippen molar-refractivity contribution in [3.05, 3.63) is 124 Å². The molecule has 6 rings (SSSR count). The Morgan fingerprint density at radius 2 is 1.47 bits per heavy atom. The summed E-state index contributed by atoms with van der Waals surface area (Å²) < 4.78 is 27.5. The Kier molecular flexibility index (Phi) is 9.32. The van der Waals surface area contributed by atoms with Gasteiger partial charge in [0.15, 0.2) is 0 Å². The van der Waals surface area contributed by atoms with Gasteiger partial charge in [-0.3, -0.25) is 14.5 Å². The summed E-state index contributed by atoms with van der Waals surface area (Å²) in [6, 6.07) is 28.2. The molecule has 4 aromatic carbocycles. The van der Waals surface area contributed by atoms with Gasteiger partial charge in [0.1, 0.15) is 0 Å². The van der Waals surface area contributed by atoms with Crippen LogP contribution >= 0.6 is 11.6 Å². The fraction of sp³-hybridized carbons (Fsp3) is 0.257. The fourth-order valence-corrected chi connectivity index (χ4v) is 7.79. The smallest absolute Gasteiger partial charge is 0.259 e. The molecular formula is C35H35ClN4O4S. The first-order valence-electron chi connectivity index (χ1n) is 15.1. The minimum Gasteiger partial charge on any atom is -0.352 e. The molecule has 4 aromatic rings. The van der Waals surface area contributed by atoms with Crippen molar-refractivity contribution >= 4 is 38.9 Å². The van der Waals surface area contributed by atoms with Gasteiger partial charge < -0.3 is 15.1 Å². The second kappa shape index (κ2) is 13.5. The lowest BCUT2D eigenvalue weighted by Crippen LogP contribution is -2.46. The number of nitrogens with one attached hydrogen (secondary N) is 1. The minimum atomic E-state index is -4.03. The molecule has 8 nitrogen and oxygen atoms in total. The van der Waals surface area contributed by atoms with Crippen LogP contribution < -0.4 is 10.2 Å². The number of sulfone groups is 1. The van der Waals surface area contributed by atoms with Gasteiger partial charge in [0.2, 0.25) is 9.84 Å². The third kappa shape index (κ3) is 6.97. The lowest BCUT2D eigenvalue weighted by molar-refractivity contribution is 0.0944. The molecule has 0 spiro atoms. The van der Waals surface area contributed by atoms with Crippen LogP contribution in [0.3, 0.4) is 0 Å². The molecule has 2 aliphatic rings. The van der Waals surface area contributed by atoms with Crippen molar-refractivity contribution in [2.75, 3.05) is 44.2 Å². The van der Waals surface area contributed by atoms with E-state index in [2.05, 4.69) is 39.4 Å². The minimum absolute atomic E-state index is 0.0224. The number of amides is 2. The van der Waals surface area contributed by atoms with Gasteiger partial charge >= 0.3 is 0 Å². The first-order chi connectivity index (χ1) is 21.8. The predicted molar refractivity (Wildman–Crippen MR) is 175 cm³/mol. The van der Waals surface area contributed by atoms with Gasteiger partial charge in [0.05, 0.1) is 27.6 Å². The average molecular weight is 643 g/mol. The van der Waals surface area contributed by atoms with Crippen LogP contribution in [-0.4, -0.2) is 69.3 Å². The Hall–Kier alpha value is -4.02. The molecule has 0 radical (unpaired) electrons. The van der Waals surface area contributed by atoms with E-state index >= 15 is 0 Å². The number of piperazine rings is 1. The molecule has 0 atom stereocenters. The van der Waals surface area contributed by atoms with E-state index in [4.69, 9.17) is 11.6 Å². The largest absolute Gasteiger partial charge is 0.352 e. The first-order valence-corrected chi connectivity index (χ1v) is 17.0. The Morgan fingerprint density at radius 3 is 2.24 bits per heavy atom. The van der Waals surface area contributed by atoms with Gasteiger partial charge in [-0.15, -0.1) is 0 Å². The van der Waals surface area contributed by atoms with Crippen molar-refractivity contribution in [1.29, 1.82) is 0 Å². The second-order valence-electron chi connectivity index (χ2n) is 11.4. The maximum absolute atomic E-state index is 13.9. The predicted octanol–water partition coefficient (Wildman–Crippen LogP) is 5.27. The molecule has 10 heteroatoms. The number of fused-ring (bicyclic) bond motifs is 2. The molecule has 45 heavy (non-hydrogen) atoms. The van der Waals surface area contributed by atoms with Crippen LogP contribution in [0, 0.1) is 0 Å². The summed E-state index contributed by atoms with van der Waals surface area (Å²) in [7, 11) is -4.03. The normalized spacial score (nSPS) is 16.5. The van der Waals surface area contributed by atoms with Gasteiger partial charge in [-0.25, -0.2) is 8.42 Å². The molecule has 2 aliphatic heterocycles. The zero-order valence-corrected chi connectivity index (χ0v) is 26.4. The summed E-state index contributed by atoms with van der Waals surface area (Å²) in [5.41, 5.74) is 2.59. The van der Waals surface area contributed by atoms with E-state index < -0.39 is 15.7 Å². The number of halogens is 1. The van der Waals surface area contributed by atoms with E-state index in [1.54, 1.807) is 30.3 Å². The number of hydrogen-bond donors (Lipinski definition) is 1. The van der Waals surface area contributed by atoms with Crippen LogP contribution in [0.5, 0.6) is 0 Å². The van der Waals surface area contributed by atoms with Crippen LogP contribution in [0.1, 0.15) is 38.3 Å². The Labute approximate surface area is 269 Å². The van der Waals surface area contributed by atoms with Gasteiger partial charge in [-0.05, 0) is 66.6 Å². The maximum Gasteiger partial charge on any atom is 0.259 e. The van der Waals surface area contributed by atoms with Crippen LogP contribution in [0.15, 0.2) is 107 Å². The van der Waals surface area contributed by atoms with Gasteiger partial charge in [-0.1, -0.05) is 66.2 Å². The molecule has 0 saturated carbocycles. The number of rotatable bonds is 9. The van der Waals surface area contributed by atoms with Gasteiger partial charge in [0.25, 0.3) is 11.8 Å². The highest BCUT2D eigenvalue weighted by Gasteiger charge is 2.36. The second-order valence-corrected chi connectivity index (χ2v) is 13.7. The lowest BCUT2D eigenvalue weighted by atomic mass is 10.1. The Balaban J connectivity index is 1.13. The van der Waals surface area contributed by atoms with Crippen molar-refractivity contribution < 1.29 is 18.0 Å². The number of hydrogen-bond acceptors (Lipinski definition) is 6. The molecule has 2 heterocycles. The Bertz CT molecular complexity index is 1810. The monoisotopic (exact) mass is 642 g/mol. The van der Waals surface area contributed by atoms with E-state index in [1.807, 2.05) is 12.1 Å². The number of carbonyl (C=O) groups is 2. The van der Waals surface area contributed by atoms with E-state index in [9.17, 15) is 18.0 Å². The summed E-state index contributed by atoms with van der Waals surface area (Å²) >= 11 is 6.21. The third-order valence-electron chi connectivity index (χ3n) is 8.33. The molecule has 0 aromatic heterocycles. The highest BCUT2D eigenvalue weighted by atomic mass is 35.5. The van der Waals surface area contributed by atoms with Crippen molar-refractivity contribution in [3.63, 3.8) is 0 Å². The molecule has 2 amide bonds. The number of anilines is 1. The summed E-state index contributed by atoms with van der Waals surface area (Å²) in [6.45, 7) is 6.39. The first kappa shape index (κ1) is 31.0. The van der Waals surface area contributed by atoms with E-state index in [1.165, 1.54) is 40.8 Å². The molecule has 0 aliphatic carbocycles. The summed E-state index contributed by atoms with van der Waals surface area (Å²) in [4.78, 5) is 33.3. The summed E-state index contributed by atoms with van der Waals surface area (Å²) in [5, 5.41) is 3.48. The Morgan fingerprint density at radius 1 is 0.756 bits per heavy atom. The number of nitrogens with zero attached hydrogens (tertiary/aromatic N) is 3. The molecule has 0 bridgehead atoms. The van der Waals surface area contributed by atoms with E-state index in [0.717, 1.165) is 51.3 Å². The van der Waals surface area contributed by atoms with Crippen molar-refractivity contribution in [3.8, 4) is 0 Å². The average Bonchev–Trinajstić information content (AvgIpc) is 3.12. The van der Waals surface area contributed by atoms with Crippen LogP contribution in [-0.2, 0) is 22.9 Å². The maximum atomic E-state index is 13.9. The summed E-state index contributed by atoms with van der Waals surface area (Å²) in [5.74, 6) is -0.783. The number of carbonyl (C=O) groups excluding carboxylic acids is 2. The van der Waals surface area contributed by atoms with Crippen LogP contribution in [0.25, 0.3) is 0 Å². The van der Waals surface area contributed by atoms with Gasteiger partial charge in [0, 0.05) is 49.9 Å². The zero-order valence-electron chi connectivity index (χ0n) is 24.9. The van der Waals surface area contributed by atoms with E-state index in [0.29, 0.717) is 11.6 Å². The van der Waals surface area contributed by atoms with Crippen molar-refractivity contribution in [2.24, 2.45) is 0 Å². The summed E-state index contributed by atoms with van der Waals surface area (Å²) in [6.07, 6.45) is 0.790. The van der Waals surface area contributed by atoms with Gasteiger partial charge in [-0.2, -0.15) is 0 Å². The highest BCUT2D eigenvalue weighted by molar-refractivity contribution is 7.91. The highest BCUT2D eigenvalue weighted by Crippen LogP contribution is 2.38. The molecule has 1 fully saturated rings.